The molecule has 2 fully saturated rings. The zero-order chi connectivity index (χ0) is 27.1. The Bertz CT molecular complexity index is 1130. The molecule has 2 heterocycles. The third-order valence-corrected chi connectivity index (χ3v) is 7.04. The normalized spacial score (nSPS) is 25.4. The topological polar surface area (TPSA) is 154 Å². The first-order chi connectivity index (χ1) is 18.3. The van der Waals surface area contributed by atoms with Crippen molar-refractivity contribution in [3.05, 3.63) is 71.8 Å². The third kappa shape index (κ3) is 6.96. The molecule has 0 spiro atoms. The lowest BCUT2D eigenvalue weighted by Crippen LogP contribution is -2.62. The zero-order valence-corrected chi connectivity index (χ0v) is 21.2. The molecule has 2 aromatic rings. The molecule has 38 heavy (non-hydrogen) atoms. The Balaban J connectivity index is 1.66. The number of aliphatic hydroxyl groups excluding tert-OH is 1. The van der Waals surface area contributed by atoms with E-state index < -0.39 is 48.1 Å². The van der Waals surface area contributed by atoms with Gasteiger partial charge < -0.3 is 31.7 Å². The SMILES string of the molecule is NC(O)CC[C@H]1NC(=O)[C@H](Cc2ccccc2)NC(=O)[C@H]2CCCN2C(=O)[C@H](Cc2ccccc2)NC1=O. The second-order valence-corrected chi connectivity index (χ2v) is 9.90. The summed E-state index contributed by atoms with van der Waals surface area (Å²) in [6.07, 6.45) is 0.492. The first-order valence-corrected chi connectivity index (χ1v) is 13.0. The van der Waals surface area contributed by atoms with Crippen LogP contribution in [-0.2, 0) is 32.0 Å². The molecule has 0 radical (unpaired) electrons. The molecule has 4 amide bonds. The lowest BCUT2D eigenvalue weighted by atomic mass is 10.0. The maximum atomic E-state index is 13.7. The van der Waals surface area contributed by atoms with Gasteiger partial charge in [0.15, 0.2) is 0 Å². The van der Waals surface area contributed by atoms with E-state index in [1.54, 1.807) is 0 Å². The number of aliphatic hydroxyl groups is 1. The van der Waals surface area contributed by atoms with Crippen molar-refractivity contribution >= 4 is 23.6 Å². The Morgan fingerprint density at radius 1 is 0.789 bits per heavy atom. The van der Waals surface area contributed by atoms with E-state index in [9.17, 15) is 24.3 Å². The first-order valence-electron chi connectivity index (χ1n) is 13.0. The van der Waals surface area contributed by atoms with Crippen molar-refractivity contribution in [2.24, 2.45) is 5.73 Å². The number of nitrogens with zero attached hydrogens (tertiary/aromatic N) is 1. The Morgan fingerprint density at radius 3 is 1.92 bits per heavy atom. The van der Waals surface area contributed by atoms with Crippen LogP contribution in [-0.4, -0.2) is 70.6 Å². The van der Waals surface area contributed by atoms with Gasteiger partial charge in [-0.15, -0.1) is 0 Å². The van der Waals surface area contributed by atoms with Gasteiger partial charge in [0, 0.05) is 19.4 Å². The second-order valence-electron chi connectivity index (χ2n) is 9.90. The largest absolute Gasteiger partial charge is 0.379 e. The quantitative estimate of drug-likeness (QED) is 0.323. The molecular weight excluding hydrogens is 486 g/mol. The molecule has 0 saturated carbocycles. The van der Waals surface area contributed by atoms with Crippen LogP contribution in [0.1, 0.15) is 36.8 Å². The Hall–Kier alpha value is -3.76. The summed E-state index contributed by atoms with van der Waals surface area (Å²) < 4.78 is 0. The van der Waals surface area contributed by atoms with Crippen LogP contribution >= 0.6 is 0 Å². The van der Waals surface area contributed by atoms with E-state index in [4.69, 9.17) is 5.73 Å². The molecule has 0 aliphatic carbocycles. The van der Waals surface area contributed by atoms with Crippen LogP contribution in [0.3, 0.4) is 0 Å². The number of hydrogen-bond acceptors (Lipinski definition) is 6. The lowest BCUT2D eigenvalue weighted by Gasteiger charge is -2.32. The summed E-state index contributed by atoms with van der Waals surface area (Å²) >= 11 is 0. The van der Waals surface area contributed by atoms with Crippen LogP contribution in [0, 0.1) is 0 Å². The molecule has 202 valence electrons. The predicted molar refractivity (Wildman–Crippen MR) is 140 cm³/mol. The number of nitrogens with one attached hydrogen (secondary N) is 3. The number of hydrogen-bond donors (Lipinski definition) is 5. The van der Waals surface area contributed by atoms with Gasteiger partial charge >= 0.3 is 0 Å². The maximum Gasteiger partial charge on any atom is 0.246 e. The minimum Gasteiger partial charge on any atom is -0.379 e. The number of nitrogens with two attached hydrogens (primary N) is 1. The molecular formula is C28H35N5O5. The lowest BCUT2D eigenvalue weighted by molar-refractivity contribution is -0.143. The summed E-state index contributed by atoms with van der Waals surface area (Å²) in [4.78, 5) is 55.5. The molecule has 10 heteroatoms. The van der Waals surface area contributed by atoms with E-state index in [-0.39, 0.29) is 31.6 Å². The molecule has 2 aliphatic heterocycles. The average Bonchev–Trinajstić information content (AvgIpc) is 3.40. The van der Waals surface area contributed by atoms with Gasteiger partial charge in [0.2, 0.25) is 23.6 Å². The van der Waals surface area contributed by atoms with Gasteiger partial charge in [-0.1, -0.05) is 60.7 Å². The van der Waals surface area contributed by atoms with Gasteiger partial charge in [0.05, 0.1) is 0 Å². The van der Waals surface area contributed by atoms with Crippen molar-refractivity contribution in [1.82, 2.24) is 20.9 Å². The van der Waals surface area contributed by atoms with E-state index in [1.807, 2.05) is 60.7 Å². The minimum atomic E-state index is -1.17. The fourth-order valence-corrected chi connectivity index (χ4v) is 5.03. The van der Waals surface area contributed by atoms with Crippen LogP contribution in [0.15, 0.2) is 60.7 Å². The summed E-state index contributed by atoms with van der Waals surface area (Å²) in [6, 6.07) is 14.8. The van der Waals surface area contributed by atoms with Crippen LogP contribution in [0.25, 0.3) is 0 Å². The summed E-state index contributed by atoms with van der Waals surface area (Å²) in [5, 5.41) is 18.0. The van der Waals surface area contributed by atoms with Gasteiger partial charge in [-0.05, 0) is 36.8 Å². The van der Waals surface area contributed by atoms with Crippen LogP contribution in [0.5, 0.6) is 0 Å². The van der Waals surface area contributed by atoms with Crippen molar-refractivity contribution in [3.63, 3.8) is 0 Å². The summed E-state index contributed by atoms with van der Waals surface area (Å²) in [7, 11) is 0. The zero-order valence-electron chi connectivity index (χ0n) is 21.2. The molecule has 6 N–H and O–H groups in total. The van der Waals surface area contributed by atoms with Crippen LogP contribution < -0.4 is 21.7 Å². The van der Waals surface area contributed by atoms with Gasteiger partial charge in [0.1, 0.15) is 30.4 Å². The molecule has 10 nitrogen and oxygen atoms in total. The highest BCUT2D eigenvalue weighted by atomic mass is 16.3. The number of fused-ring (bicyclic) bond motifs is 1. The molecule has 1 unspecified atom stereocenters. The van der Waals surface area contributed by atoms with Crippen LogP contribution in [0.4, 0.5) is 0 Å². The van der Waals surface area contributed by atoms with E-state index in [0.29, 0.717) is 19.4 Å². The van der Waals surface area contributed by atoms with Crippen LogP contribution in [0.2, 0.25) is 0 Å². The Morgan fingerprint density at radius 2 is 1.32 bits per heavy atom. The van der Waals surface area contributed by atoms with E-state index in [2.05, 4.69) is 16.0 Å². The molecule has 2 saturated heterocycles. The Labute approximate surface area is 222 Å². The van der Waals surface area contributed by atoms with Crippen molar-refractivity contribution in [2.45, 2.75) is 68.9 Å². The molecule has 4 rings (SSSR count). The monoisotopic (exact) mass is 521 g/mol. The maximum absolute atomic E-state index is 13.7. The minimum absolute atomic E-state index is 0.0551. The van der Waals surface area contributed by atoms with Crippen molar-refractivity contribution < 1.29 is 24.3 Å². The fraction of sp³-hybridized carbons (Fsp3) is 0.429. The van der Waals surface area contributed by atoms with Gasteiger partial charge in [-0.3, -0.25) is 19.2 Å². The van der Waals surface area contributed by atoms with Crippen molar-refractivity contribution in [1.29, 1.82) is 0 Å². The molecule has 5 atom stereocenters. The molecule has 0 bridgehead atoms. The first kappa shape index (κ1) is 27.3. The predicted octanol–water partition coefficient (Wildman–Crippen LogP) is -0.0119. The molecule has 2 aliphatic rings. The number of carbonyl (C=O) groups excluding carboxylic acids is 4. The molecule has 0 aromatic heterocycles. The van der Waals surface area contributed by atoms with Crippen molar-refractivity contribution in [3.8, 4) is 0 Å². The fourth-order valence-electron chi connectivity index (χ4n) is 5.03. The summed E-state index contributed by atoms with van der Waals surface area (Å²) in [5.74, 6) is -1.81. The number of amides is 4. The summed E-state index contributed by atoms with van der Waals surface area (Å²) in [6.45, 7) is 0.385. The number of carbonyl (C=O) groups is 4. The number of benzene rings is 2. The van der Waals surface area contributed by atoms with Gasteiger partial charge in [-0.25, -0.2) is 0 Å². The van der Waals surface area contributed by atoms with Gasteiger partial charge in [-0.2, -0.15) is 0 Å². The highest BCUT2D eigenvalue weighted by molar-refractivity contribution is 5.98. The standard InChI is InChI=1S/C28H35N5O5/c29-24(34)14-13-20-25(35)32-22(17-19-10-5-2-6-11-19)28(38)33-15-7-12-23(33)27(37)31-21(26(36)30-20)16-18-8-3-1-4-9-18/h1-6,8-11,20-24,34H,7,12-17,29H2,(H,30,36)(H,31,37)(H,32,35)/t20-,21+,22+,23-,24?/m1/s1. The van der Waals surface area contributed by atoms with Crippen molar-refractivity contribution in [2.75, 3.05) is 6.54 Å². The highest BCUT2D eigenvalue weighted by Crippen LogP contribution is 2.21. The average molecular weight is 522 g/mol. The van der Waals surface area contributed by atoms with E-state index in [1.165, 1.54) is 4.90 Å². The second kappa shape index (κ2) is 12.7. The number of rotatable bonds is 7. The van der Waals surface area contributed by atoms with Gasteiger partial charge in [0.25, 0.3) is 0 Å². The smallest absolute Gasteiger partial charge is 0.246 e. The Kier molecular flexibility index (Phi) is 9.09. The van der Waals surface area contributed by atoms with E-state index in [0.717, 1.165) is 11.1 Å². The van der Waals surface area contributed by atoms with E-state index >= 15 is 0 Å². The summed E-state index contributed by atoms with van der Waals surface area (Å²) in [5.41, 5.74) is 7.19. The molecule has 2 aromatic carbocycles. The highest BCUT2D eigenvalue weighted by Gasteiger charge is 2.40. The third-order valence-electron chi connectivity index (χ3n) is 7.04.